The third-order valence-corrected chi connectivity index (χ3v) is 4.98. The number of carbonyl (C=O) groups is 1. The molecule has 0 amide bonds. The van der Waals surface area contributed by atoms with Crippen LogP contribution in [0.1, 0.15) is 17.4 Å². The highest BCUT2D eigenvalue weighted by atomic mass is 32.2. The van der Waals surface area contributed by atoms with Crippen LogP contribution in [0.25, 0.3) is 4.96 Å². The zero-order valence-electron chi connectivity index (χ0n) is 9.50. The first-order valence-corrected chi connectivity index (χ1v) is 7.60. The molecule has 0 radical (unpaired) electrons. The van der Waals surface area contributed by atoms with Crippen molar-refractivity contribution in [1.82, 2.24) is 9.38 Å². The Kier molecular flexibility index (Phi) is 2.84. The molecule has 90 valence electrons. The SMILES string of the molecule is CC1CSCCN1c1nc2sccn2c1C=O. The first-order valence-electron chi connectivity index (χ1n) is 5.56. The molecular weight excluding hydrogens is 254 g/mol. The molecule has 0 bridgehead atoms. The fraction of sp³-hybridized carbons (Fsp3) is 0.455. The minimum atomic E-state index is 0.442. The highest BCUT2D eigenvalue weighted by Crippen LogP contribution is 2.28. The summed E-state index contributed by atoms with van der Waals surface area (Å²) in [4.78, 5) is 19.0. The quantitative estimate of drug-likeness (QED) is 0.781. The molecule has 1 fully saturated rings. The van der Waals surface area contributed by atoms with Gasteiger partial charge in [0.25, 0.3) is 0 Å². The molecule has 6 heteroatoms. The van der Waals surface area contributed by atoms with Crippen molar-refractivity contribution >= 4 is 40.2 Å². The minimum absolute atomic E-state index is 0.442. The van der Waals surface area contributed by atoms with Crippen LogP contribution in [0.3, 0.4) is 0 Å². The number of fused-ring (bicyclic) bond motifs is 1. The van der Waals surface area contributed by atoms with Crippen LogP contribution in [0.2, 0.25) is 0 Å². The van der Waals surface area contributed by atoms with Gasteiger partial charge < -0.3 is 4.90 Å². The van der Waals surface area contributed by atoms with E-state index in [2.05, 4.69) is 16.8 Å². The van der Waals surface area contributed by atoms with E-state index in [-0.39, 0.29) is 0 Å². The Balaban J connectivity index is 2.08. The van der Waals surface area contributed by atoms with Crippen molar-refractivity contribution < 1.29 is 4.79 Å². The number of hydrogen-bond acceptors (Lipinski definition) is 5. The summed E-state index contributed by atoms with van der Waals surface area (Å²) in [5, 5.41) is 1.95. The molecule has 0 N–H and O–H groups in total. The molecule has 1 unspecified atom stereocenters. The number of imidazole rings is 1. The molecule has 0 aromatic carbocycles. The zero-order valence-corrected chi connectivity index (χ0v) is 11.1. The number of anilines is 1. The lowest BCUT2D eigenvalue weighted by Crippen LogP contribution is -2.41. The lowest BCUT2D eigenvalue weighted by Gasteiger charge is -2.33. The predicted molar refractivity (Wildman–Crippen MR) is 72.6 cm³/mol. The summed E-state index contributed by atoms with van der Waals surface area (Å²) in [6, 6.07) is 0.442. The standard InChI is InChI=1S/C11H13N3OS2/c1-8-7-16-4-2-13(8)10-9(6-15)14-3-5-17-11(14)12-10/h3,5-6,8H,2,4,7H2,1H3. The van der Waals surface area contributed by atoms with Gasteiger partial charge in [-0.1, -0.05) is 0 Å². The molecular formula is C11H13N3OS2. The van der Waals surface area contributed by atoms with Gasteiger partial charge in [0.2, 0.25) is 0 Å². The van der Waals surface area contributed by atoms with Gasteiger partial charge in [0.15, 0.2) is 17.1 Å². The highest BCUT2D eigenvalue weighted by Gasteiger charge is 2.25. The fourth-order valence-corrected chi connectivity index (χ4v) is 3.88. The molecule has 2 aromatic rings. The average molecular weight is 267 g/mol. The monoisotopic (exact) mass is 267 g/mol. The van der Waals surface area contributed by atoms with Crippen molar-refractivity contribution in [3.05, 3.63) is 17.3 Å². The van der Waals surface area contributed by atoms with Crippen LogP contribution in [-0.4, -0.2) is 39.8 Å². The molecule has 0 saturated carbocycles. The van der Waals surface area contributed by atoms with Crippen LogP contribution >= 0.6 is 23.1 Å². The number of aldehydes is 1. The van der Waals surface area contributed by atoms with E-state index in [1.165, 1.54) is 0 Å². The lowest BCUT2D eigenvalue weighted by atomic mass is 10.3. The molecule has 1 atom stereocenters. The van der Waals surface area contributed by atoms with Crippen molar-refractivity contribution in [2.24, 2.45) is 0 Å². The van der Waals surface area contributed by atoms with E-state index in [0.29, 0.717) is 11.7 Å². The Morgan fingerprint density at radius 2 is 2.47 bits per heavy atom. The average Bonchev–Trinajstić information content (AvgIpc) is 2.89. The van der Waals surface area contributed by atoms with E-state index in [1.54, 1.807) is 11.3 Å². The van der Waals surface area contributed by atoms with Gasteiger partial charge in [-0.3, -0.25) is 9.20 Å². The lowest BCUT2D eigenvalue weighted by molar-refractivity contribution is 0.111. The van der Waals surface area contributed by atoms with E-state index in [0.717, 1.165) is 35.1 Å². The zero-order chi connectivity index (χ0) is 11.8. The van der Waals surface area contributed by atoms with Crippen molar-refractivity contribution in [3.8, 4) is 0 Å². The van der Waals surface area contributed by atoms with Crippen LogP contribution in [0.5, 0.6) is 0 Å². The van der Waals surface area contributed by atoms with Gasteiger partial charge in [0, 0.05) is 35.7 Å². The van der Waals surface area contributed by atoms with Gasteiger partial charge in [-0.2, -0.15) is 11.8 Å². The summed E-state index contributed by atoms with van der Waals surface area (Å²) < 4.78 is 1.88. The molecule has 3 rings (SSSR count). The summed E-state index contributed by atoms with van der Waals surface area (Å²) in [7, 11) is 0. The number of thiazole rings is 1. The van der Waals surface area contributed by atoms with Crippen LogP contribution in [-0.2, 0) is 0 Å². The smallest absolute Gasteiger partial charge is 0.196 e. The summed E-state index contributed by atoms with van der Waals surface area (Å²) in [6.07, 6.45) is 2.82. The van der Waals surface area contributed by atoms with Gasteiger partial charge in [-0.15, -0.1) is 11.3 Å². The molecule has 2 aromatic heterocycles. The van der Waals surface area contributed by atoms with Crippen LogP contribution in [0, 0.1) is 0 Å². The fourth-order valence-electron chi connectivity index (χ4n) is 2.15. The van der Waals surface area contributed by atoms with E-state index >= 15 is 0 Å². The molecule has 4 nitrogen and oxygen atoms in total. The van der Waals surface area contributed by atoms with E-state index in [9.17, 15) is 4.79 Å². The number of nitrogens with zero attached hydrogens (tertiary/aromatic N) is 3. The van der Waals surface area contributed by atoms with E-state index < -0.39 is 0 Å². The summed E-state index contributed by atoms with van der Waals surface area (Å²) >= 11 is 3.53. The van der Waals surface area contributed by atoms with Gasteiger partial charge >= 0.3 is 0 Å². The van der Waals surface area contributed by atoms with Gasteiger partial charge in [-0.25, -0.2) is 4.98 Å². The number of rotatable bonds is 2. The molecule has 0 spiro atoms. The normalized spacial score (nSPS) is 21.0. The maximum atomic E-state index is 11.3. The van der Waals surface area contributed by atoms with Crippen molar-refractivity contribution in [2.45, 2.75) is 13.0 Å². The molecule has 1 aliphatic rings. The van der Waals surface area contributed by atoms with Crippen LogP contribution in [0.4, 0.5) is 5.82 Å². The van der Waals surface area contributed by atoms with Gasteiger partial charge in [0.05, 0.1) is 0 Å². The number of carbonyl (C=O) groups excluding carboxylic acids is 1. The Morgan fingerprint density at radius 3 is 3.24 bits per heavy atom. The minimum Gasteiger partial charge on any atom is -0.350 e. The predicted octanol–water partition coefficient (Wildman–Crippen LogP) is 2.15. The van der Waals surface area contributed by atoms with Gasteiger partial charge in [0.1, 0.15) is 5.69 Å². The van der Waals surface area contributed by atoms with Crippen LogP contribution < -0.4 is 4.90 Å². The molecule has 0 aliphatic carbocycles. The van der Waals surface area contributed by atoms with Crippen molar-refractivity contribution in [3.63, 3.8) is 0 Å². The van der Waals surface area contributed by atoms with Crippen LogP contribution in [0.15, 0.2) is 11.6 Å². The van der Waals surface area contributed by atoms with Gasteiger partial charge in [-0.05, 0) is 6.92 Å². The third kappa shape index (κ3) is 1.75. The van der Waals surface area contributed by atoms with E-state index in [1.807, 2.05) is 27.7 Å². The molecule has 3 heterocycles. The second-order valence-corrected chi connectivity index (χ2v) is 6.13. The first-order chi connectivity index (χ1) is 8.31. The Morgan fingerprint density at radius 1 is 1.59 bits per heavy atom. The maximum absolute atomic E-state index is 11.3. The van der Waals surface area contributed by atoms with Crippen molar-refractivity contribution in [1.29, 1.82) is 0 Å². The number of thioether (sulfide) groups is 1. The highest BCUT2D eigenvalue weighted by molar-refractivity contribution is 7.99. The third-order valence-electron chi connectivity index (χ3n) is 3.03. The summed E-state index contributed by atoms with van der Waals surface area (Å²) in [5.74, 6) is 3.05. The molecule has 1 aliphatic heterocycles. The van der Waals surface area contributed by atoms with E-state index in [4.69, 9.17) is 0 Å². The number of hydrogen-bond donors (Lipinski definition) is 0. The largest absolute Gasteiger partial charge is 0.350 e. The second kappa shape index (κ2) is 4.34. The molecule has 1 saturated heterocycles. The second-order valence-electron chi connectivity index (χ2n) is 4.11. The maximum Gasteiger partial charge on any atom is 0.196 e. The summed E-state index contributed by atoms with van der Waals surface area (Å²) in [5.41, 5.74) is 0.681. The first kappa shape index (κ1) is 11.1. The van der Waals surface area contributed by atoms with Crippen molar-refractivity contribution in [2.75, 3.05) is 23.0 Å². The Bertz CT molecular complexity index is 548. The Hall–Kier alpha value is -1.01. The Labute approximate surface area is 108 Å². The molecule has 17 heavy (non-hydrogen) atoms. The number of aromatic nitrogens is 2. The summed E-state index contributed by atoms with van der Waals surface area (Å²) in [6.45, 7) is 3.16. The topological polar surface area (TPSA) is 37.6 Å².